The fraction of sp³-hybridized carbons (Fsp3) is 0.476. The van der Waals surface area contributed by atoms with Gasteiger partial charge in [-0.3, -0.25) is 4.98 Å². The van der Waals surface area contributed by atoms with Gasteiger partial charge in [0.2, 0.25) is 0 Å². The third-order valence-electron chi connectivity index (χ3n) is 4.02. The maximum absolute atomic E-state index is 5.61. The Morgan fingerprint density at radius 3 is 2.22 bits per heavy atom. The molecule has 0 saturated heterocycles. The standard InChI is InChI=1S/C21H29NO/c1-3-5-6-7-19-9-13-20(22-17-19)12-8-18-10-14-21(15-11-18)23-16-4-2/h9-11,13-15,17H,3-8,12,16H2,1-2H3. The van der Waals surface area contributed by atoms with E-state index in [1.807, 2.05) is 6.20 Å². The first-order valence-corrected chi connectivity index (χ1v) is 8.97. The number of aromatic nitrogens is 1. The fourth-order valence-electron chi connectivity index (χ4n) is 2.57. The molecule has 0 saturated carbocycles. The Bertz CT molecular complexity index is 545. The highest BCUT2D eigenvalue weighted by Gasteiger charge is 2.00. The second-order valence-corrected chi connectivity index (χ2v) is 6.11. The van der Waals surface area contributed by atoms with Gasteiger partial charge < -0.3 is 4.74 Å². The lowest BCUT2D eigenvalue weighted by molar-refractivity contribution is 0.317. The van der Waals surface area contributed by atoms with Crippen LogP contribution in [-0.4, -0.2) is 11.6 Å². The van der Waals surface area contributed by atoms with Crippen LogP contribution in [0.25, 0.3) is 0 Å². The van der Waals surface area contributed by atoms with E-state index < -0.39 is 0 Å². The van der Waals surface area contributed by atoms with Crippen molar-refractivity contribution in [1.82, 2.24) is 4.98 Å². The summed E-state index contributed by atoms with van der Waals surface area (Å²) < 4.78 is 5.61. The normalized spacial score (nSPS) is 10.7. The lowest BCUT2D eigenvalue weighted by Gasteiger charge is -2.06. The van der Waals surface area contributed by atoms with E-state index in [-0.39, 0.29) is 0 Å². The molecular weight excluding hydrogens is 282 g/mol. The summed E-state index contributed by atoms with van der Waals surface area (Å²) in [4.78, 5) is 4.61. The Morgan fingerprint density at radius 2 is 1.57 bits per heavy atom. The van der Waals surface area contributed by atoms with Crippen LogP contribution in [0.1, 0.15) is 56.4 Å². The molecule has 1 aromatic heterocycles. The summed E-state index contributed by atoms with van der Waals surface area (Å²) in [6.07, 6.45) is 10.1. The van der Waals surface area contributed by atoms with Crippen molar-refractivity contribution in [3.63, 3.8) is 0 Å². The van der Waals surface area contributed by atoms with Gasteiger partial charge in [0.1, 0.15) is 5.75 Å². The molecule has 2 aromatic rings. The molecule has 1 heterocycles. The van der Waals surface area contributed by atoms with Crippen molar-refractivity contribution in [3.05, 3.63) is 59.4 Å². The molecule has 2 nitrogen and oxygen atoms in total. The largest absolute Gasteiger partial charge is 0.494 e. The van der Waals surface area contributed by atoms with Crippen LogP contribution in [0.3, 0.4) is 0 Å². The molecule has 0 amide bonds. The molecule has 2 rings (SSSR count). The third-order valence-corrected chi connectivity index (χ3v) is 4.02. The highest BCUT2D eigenvalue weighted by molar-refractivity contribution is 5.28. The van der Waals surface area contributed by atoms with Crippen molar-refractivity contribution < 1.29 is 4.74 Å². The lowest BCUT2D eigenvalue weighted by Crippen LogP contribution is -1.97. The van der Waals surface area contributed by atoms with Gasteiger partial charge in [-0.15, -0.1) is 0 Å². The second-order valence-electron chi connectivity index (χ2n) is 6.11. The van der Waals surface area contributed by atoms with E-state index in [9.17, 15) is 0 Å². The van der Waals surface area contributed by atoms with Gasteiger partial charge in [-0.2, -0.15) is 0 Å². The predicted octanol–water partition coefficient (Wildman–Crippen LogP) is 5.39. The van der Waals surface area contributed by atoms with Gasteiger partial charge in [0.25, 0.3) is 0 Å². The molecule has 124 valence electrons. The van der Waals surface area contributed by atoms with Crippen LogP contribution < -0.4 is 4.74 Å². The van der Waals surface area contributed by atoms with Gasteiger partial charge in [-0.05, 0) is 61.4 Å². The van der Waals surface area contributed by atoms with Crippen molar-refractivity contribution >= 4 is 0 Å². The molecule has 0 aliphatic carbocycles. The van der Waals surface area contributed by atoms with E-state index in [4.69, 9.17) is 4.74 Å². The van der Waals surface area contributed by atoms with Gasteiger partial charge in [0, 0.05) is 11.9 Å². The molecule has 0 bridgehead atoms. The summed E-state index contributed by atoms with van der Waals surface area (Å²) in [5, 5.41) is 0. The quantitative estimate of drug-likeness (QED) is 0.549. The first-order chi connectivity index (χ1) is 11.3. The number of hydrogen-bond acceptors (Lipinski definition) is 2. The van der Waals surface area contributed by atoms with E-state index in [1.54, 1.807) is 0 Å². The molecular formula is C21H29NO. The van der Waals surface area contributed by atoms with Gasteiger partial charge in [0.05, 0.1) is 6.61 Å². The highest BCUT2D eigenvalue weighted by Crippen LogP contribution is 2.14. The maximum Gasteiger partial charge on any atom is 0.119 e. The Labute approximate surface area is 140 Å². The predicted molar refractivity (Wildman–Crippen MR) is 97.1 cm³/mol. The minimum Gasteiger partial charge on any atom is -0.494 e. The van der Waals surface area contributed by atoms with E-state index in [2.05, 4.69) is 55.2 Å². The molecule has 0 atom stereocenters. The monoisotopic (exact) mass is 311 g/mol. The van der Waals surface area contributed by atoms with Crippen LogP contribution in [0, 0.1) is 0 Å². The van der Waals surface area contributed by atoms with Gasteiger partial charge >= 0.3 is 0 Å². The molecule has 2 heteroatoms. The number of aryl methyl sites for hydroxylation is 3. The molecule has 0 fully saturated rings. The highest BCUT2D eigenvalue weighted by atomic mass is 16.5. The van der Waals surface area contributed by atoms with Crippen molar-refractivity contribution in [1.29, 1.82) is 0 Å². The fourth-order valence-corrected chi connectivity index (χ4v) is 2.57. The zero-order chi connectivity index (χ0) is 16.3. The first-order valence-electron chi connectivity index (χ1n) is 8.97. The zero-order valence-electron chi connectivity index (χ0n) is 14.6. The van der Waals surface area contributed by atoms with Crippen LogP contribution in [0.2, 0.25) is 0 Å². The Kier molecular flexibility index (Phi) is 7.65. The first kappa shape index (κ1) is 17.5. The van der Waals surface area contributed by atoms with Crippen molar-refractivity contribution in [3.8, 4) is 5.75 Å². The van der Waals surface area contributed by atoms with Gasteiger partial charge in [0.15, 0.2) is 0 Å². The van der Waals surface area contributed by atoms with Crippen molar-refractivity contribution in [2.24, 2.45) is 0 Å². The number of benzene rings is 1. The molecule has 0 spiro atoms. The summed E-state index contributed by atoms with van der Waals surface area (Å²) in [5.41, 5.74) is 3.87. The molecule has 1 aromatic carbocycles. The van der Waals surface area contributed by atoms with Gasteiger partial charge in [-0.25, -0.2) is 0 Å². The summed E-state index contributed by atoms with van der Waals surface area (Å²) in [6, 6.07) is 12.9. The number of ether oxygens (including phenoxy) is 1. The molecule has 0 aliphatic rings. The van der Waals surface area contributed by atoms with Crippen LogP contribution in [-0.2, 0) is 19.3 Å². The molecule has 0 aliphatic heterocycles. The SMILES string of the molecule is CCCCCc1ccc(CCc2ccc(OCCC)cc2)nc1. The smallest absolute Gasteiger partial charge is 0.119 e. The lowest BCUT2D eigenvalue weighted by atomic mass is 10.1. The number of unbranched alkanes of at least 4 members (excludes halogenated alkanes) is 2. The molecule has 0 unspecified atom stereocenters. The summed E-state index contributed by atoms with van der Waals surface area (Å²) >= 11 is 0. The van der Waals surface area contributed by atoms with E-state index in [0.29, 0.717) is 0 Å². The van der Waals surface area contributed by atoms with Crippen LogP contribution in [0.4, 0.5) is 0 Å². The maximum atomic E-state index is 5.61. The van der Waals surface area contributed by atoms with Crippen LogP contribution in [0.15, 0.2) is 42.6 Å². The summed E-state index contributed by atoms with van der Waals surface area (Å²) in [6.45, 7) is 5.15. The van der Waals surface area contributed by atoms with E-state index in [1.165, 1.54) is 36.1 Å². The summed E-state index contributed by atoms with van der Waals surface area (Å²) in [7, 11) is 0. The van der Waals surface area contributed by atoms with E-state index in [0.717, 1.165) is 38.0 Å². The average molecular weight is 311 g/mol. The molecule has 0 radical (unpaired) electrons. The Balaban J connectivity index is 1.78. The number of pyridine rings is 1. The van der Waals surface area contributed by atoms with Crippen molar-refractivity contribution in [2.45, 2.75) is 58.8 Å². The minimum atomic E-state index is 0.786. The minimum absolute atomic E-state index is 0.786. The second kappa shape index (κ2) is 10.0. The molecule has 23 heavy (non-hydrogen) atoms. The Hall–Kier alpha value is -1.83. The van der Waals surface area contributed by atoms with Crippen LogP contribution in [0.5, 0.6) is 5.75 Å². The topological polar surface area (TPSA) is 22.1 Å². The number of rotatable bonds is 10. The van der Waals surface area contributed by atoms with Crippen LogP contribution >= 0.6 is 0 Å². The third kappa shape index (κ3) is 6.43. The van der Waals surface area contributed by atoms with Gasteiger partial charge in [-0.1, -0.05) is 44.9 Å². The zero-order valence-corrected chi connectivity index (χ0v) is 14.6. The van der Waals surface area contributed by atoms with E-state index >= 15 is 0 Å². The van der Waals surface area contributed by atoms with Crippen molar-refractivity contribution in [2.75, 3.05) is 6.61 Å². The Morgan fingerprint density at radius 1 is 0.783 bits per heavy atom. The number of nitrogens with zero attached hydrogens (tertiary/aromatic N) is 1. The number of hydrogen-bond donors (Lipinski definition) is 0. The summed E-state index contributed by atoms with van der Waals surface area (Å²) in [5.74, 6) is 0.963. The average Bonchev–Trinajstić information content (AvgIpc) is 2.60. The molecule has 0 N–H and O–H groups in total.